The SMILES string of the molecule is Cc1ccccc1C1C(=O)OCC(CO)C1COCc1ccccc1. The van der Waals surface area contributed by atoms with Crippen LogP contribution in [0.25, 0.3) is 0 Å². The predicted octanol–water partition coefficient (Wildman–Crippen LogP) is 3.08. The second-order valence-corrected chi connectivity index (χ2v) is 6.57. The second-order valence-electron chi connectivity index (χ2n) is 6.57. The highest BCUT2D eigenvalue weighted by Gasteiger charge is 2.41. The third-order valence-corrected chi connectivity index (χ3v) is 4.91. The molecule has 2 aromatic rings. The molecule has 25 heavy (non-hydrogen) atoms. The van der Waals surface area contributed by atoms with Crippen molar-refractivity contribution in [3.8, 4) is 0 Å². The highest BCUT2D eigenvalue weighted by Crippen LogP contribution is 2.37. The summed E-state index contributed by atoms with van der Waals surface area (Å²) in [6.45, 7) is 3.12. The standard InChI is InChI=1S/C21H24O4/c1-15-7-5-6-10-18(15)20-19(17(11-22)13-25-21(20)23)14-24-12-16-8-3-2-4-9-16/h2-10,17,19-20,22H,11-14H2,1H3. The van der Waals surface area contributed by atoms with Crippen molar-refractivity contribution >= 4 is 5.97 Å². The van der Waals surface area contributed by atoms with Crippen LogP contribution in [0.4, 0.5) is 0 Å². The predicted molar refractivity (Wildman–Crippen MR) is 95.0 cm³/mol. The van der Waals surface area contributed by atoms with E-state index in [2.05, 4.69) is 0 Å². The number of aliphatic hydroxyl groups excluding tert-OH is 1. The molecule has 1 N–H and O–H groups in total. The molecule has 3 rings (SSSR count). The maximum Gasteiger partial charge on any atom is 0.313 e. The number of cyclic esters (lactones) is 1. The Bertz CT molecular complexity index is 698. The van der Waals surface area contributed by atoms with Crippen LogP contribution < -0.4 is 0 Å². The minimum atomic E-state index is -0.400. The van der Waals surface area contributed by atoms with E-state index in [4.69, 9.17) is 9.47 Å². The molecule has 1 aliphatic heterocycles. The lowest BCUT2D eigenvalue weighted by Crippen LogP contribution is -2.42. The summed E-state index contributed by atoms with van der Waals surface area (Å²) in [4.78, 5) is 12.5. The number of aryl methyl sites for hydroxylation is 1. The Morgan fingerprint density at radius 3 is 2.56 bits per heavy atom. The molecule has 0 aliphatic carbocycles. The molecule has 0 bridgehead atoms. The fourth-order valence-electron chi connectivity index (χ4n) is 3.45. The van der Waals surface area contributed by atoms with Crippen molar-refractivity contribution in [3.05, 3.63) is 71.3 Å². The molecule has 1 fully saturated rings. The van der Waals surface area contributed by atoms with Gasteiger partial charge in [0.1, 0.15) is 0 Å². The summed E-state index contributed by atoms with van der Waals surface area (Å²) in [7, 11) is 0. The number of ether oxygens (including phenoxy) is 2. The molecule has 3 unspecified atom stereocenters. The Kier molecular flexibility index (Phi) is 5.84. The van der Waals surface area contributed by atoms with Crippen LogP contribution >= 0.6 is 0 Å². The first-order valence-electron chi connectivity index (χ1n) is 8.65. The van der Waals surface area contributed by atoms with Gasteiger partial charge in [-0.2, -0.15) is 0 Å². The summed E-state index contributed by atoms with van der Waals surface area (Å²) in [5.74, 6) is -0.843. The fourth-order valence-corrected chi connectivity index (χ4v) is 3.45. The summed E-state index contributed by atoms with van der Waals surface area (Å²) in [5, 5.41) is 9.75. The fraction of sp³-hybridized carbons (Fsp3) is 0.381. The molecule has 0 aromatic heterocycles. The van der Waals surface area contributed by atoms with Crippen molar-refractivity contribution in [2.45, 2.75) is 19.4 Å². The second kappa shape index (κ2) is 8.28. The summed E-state index contributed by atoms with van der Waals surface area (Å²) in [6, 6.07) is 17.8. The molecule has 2 aromatic carbocycles. The molecular formula is C21H24O4. The highest BCUT2D eigenvalue weighted by molar-refractivity contribution is 5.80. The van der Waals surface area contributed by atoms with Crippen molar-refractivity contribution in [3.63, 3.8) is 0 Å². The minimum Gasteiger partial charge on any atom is -0.465 e. The van der Waals surface area contributed by atoms with Gasteiger partial charge in [0.15, 0.2) is 0 Å². The molecular weight excluding hydrogens is 316 g/mol. The van der Waals surface area contributed by atoms with Crippen LogP contribution in [-0.4, -0.2) is 30.9 Å². The normalized spacial score (nSPS) is 23.3. The largest absolute Gasteiger partial charge is 0.465 e. The van der Waals surface area contributed by atoms with Gasteiger partial charge in [-0.15, -0.1) is 0 Å². The van der Waals surface area contributed by atoms with Gasteiger partial charge >= 0.3 is 5.97 Å². The van der Waals surface area contributed by atoms with E-state index in [1.807, 2.05) is 61.5 Å². The number of hydrogen-bond acceptors (Lipinski definition) is 4. The van der Waals surface area contributed by atoms with Gasteiger partial charge in [-0.1, -0.05) is 54.6 Å². The zero-order valence-corrected chi connectivity index (χ0v) is 14.4. The van der Waals surface area contributed by atoms with E-state index in [1.165, 1.54) is 0 Å². The van der Waals surface area contributed by atoms with Gasteiger partial charge in [0.25, 0.3) is 0 Å². The molecule has 0 radical (unpaired) electrons. The number of carbonyl (C=O) groups is 1. The summed E-state index contributed by atoms with van der Waals surface area (Å²) in [5.41, 5.74) is 3.10. The average molecular weight is 340 g/mol. The molecule has 132 valence electrons. The molecule has 3 atom stereocenters. The molecule has 0 spiro atoms. The maximum atomic E-state index is 12.5. The number of carbonyl (C=O) groups excluding carboxylic acids is 1. The highest BCUT2D eigenvalue weighted by atomic mass is 16.5. The van der Waals surface area contributed by atoms with Gasteiger partial charge < -0.3 is 14.6 Å². The van der Waals surface area contributed by atoms with Gasteiger partial charge in [-0.25, -0.2) is 0 Å². The first-order chi connectivity index (χ1) is 12.2. The number of hydrogen-bond donors (Lipinski definition) is 1. The lowest BCUT2D eigenvalue weighted by Gasteiger charge is -2.36. The molecule has 0 amide bonds. The third kappa shape index (κ3) is 4.09. The van der Waals surface area contributed by atoms with Gasteiger partial charge in [0.05, 0.1) is 25.7 Å². The number of rotatable bonds is 6. The smallest absolute Gasteiger partial charge is 0.313 e. The van der Waals surface area contributed by atoms with E-state index in [-0.39, 0.29) is 31.0 Å². The molecule has 1 aliphatic rings. The first kappa shape index (κ1) is 17.6. The van der Waals surface area contributed by atoms with Crippen LogP contribution in [0.1, 0.15) is 22.6 Å². The van der Waals surface area contributed by atoms with Crippen molar-refractivity contribution in [1.82, 2.24) is 0 Å². The third-order valence-electron chi connectivity index (χ3n) is 4.91. The lowest BCUT2D eigenvalue weighted by molar-refractivity contribution is -0.160. The van der Waals surface area contributed by atoms with Crippen LogP contribution in [0.15, 0.2) is 54.6 Å². The first-order valence-corrected chi connectivity index (χ1v) is 8.65. The van der Waals surface area contributed by atoms with E-state index in [1.54, 1.807) is 0 Å². The lowest BCUT2D eigenvalue weighted by atomic mass is 9.76. The Balaban J connectivity index is 1.77. The Labute approximate surface area is 148 Å². The van der Waals surface area contributed by atoms with Gasteiger partial charge in [-0.3, -0.25) is 4.79 Å². The average Bonchev–Trinajstić information content (AvgIpc) is 2.64. The zero-order valence-electron chi connectivity index (χ0n) is 14.4. The minimum absolute atomic E-state index is 0.0188. The summed E-state index contributed by atoms with van der Waals surface area (Å²) in [6.07, 6.45) is 0. The topological polar surface area (TPSA) is 55.8 Å². The van der Waals surface area contributed by atoms with Crippen LogP contribution in [-0.2, 0) is 20.9 Å². The molecule has 0 saturated carbocycles. The van der Waals surface area contributed by atoms with Crippen LogP contribution in [0.3, 0.4) is 0 Å². The van der Waals surface area contributed by atoms with E-state index >= 15 is 0 Å². The zero-order chi connectivity index (χ0) is 17.6. The van der Waals surface area contributed by atoms with Crippen molar-refractivity contribution in [1.29, 1.82) is 0 Å². The van der Waals surface area contributed by atoms with E-state index in [0.717, 1.165) is 16.7 Å². The van der Waals surface area contributed by atoms with E-state index in [9.17, 15) is 9.90 Å². The van der Waals surface area contributed by atoms with Crippen molar-refractivity contribution in [2.75, 3.05) is 19.8 Å². The van der Waals surface area contributed by atoms with Crippen molar-refractivity contribution < 1.29 is 19.4 Å². The summed E-state index contributed by atoms with van der Waals surface area (Å²) < 4.78 is 11.3. The van der Waals surface area contributed by atoms with Crippen molar-refractivity contribution in [2.24, 2.45) is 11.8 Å². The van der Waals surface area contributed by atoms with Gasteiger partial charge in [0, 0.05) is 18.4 Å². The summed E-state index contributed by atoms with van der Waals surface area (Å²) >= 11 is 0. The number of benzene rings is 2. The monoisotopic (exact) mass is 340 g/mol. The quantitative estimate of drug-likeness (QED) is 0.821. The maximum absolute atomic E-state index is 12.5. The molecule has 1 saturated heterocycles. The van der Waals surface area contributed by atoms with Crippen LogP contribution in [0, 0.1) is 18.8 Å². The Morgan fingerprint density at radius 2 is 1.84 bits per heavy atom. The van der Waals surface area contributed by atoms with E-state index in [0.29, 0.717) is 13.2 Å². The molecule has 4 heteroatoms. The Hall–Kier alpha value is -2.17. The van der Waals surface area contributed by atoms with Crippen LogP contribution in [0.2, 0.25) is 0 Å². The molecule has 1 heterocycles. The van der Waals surface area contributed by atoms with Gasteiger partial charge in [0.2, 0.25) is 0 Å². The van der Waals surface area contributed by atoms with E-state index < -0.39 is 5.92 Å². The Morgan fingerprint density at radius 1 is 1.12 bits per heavy atom. The van der Waals surface area contributed by atoms with Crippen LogP contribution in [0.5, 0.6) is 0 Å². The molecule has 4 nitrogen and oxygen atoms in total. The van der Waals surface area contributed by atoms with Gasteiger partial charge in [-0.05, 0) is 23.6 Å². The number of aliphatic hydroxyl groups is 1. The number of esters is 1.